The van der Waals surface area contributed by atoms with Gasteiger partial charge in [-0.2, -0.15) is 8.75 Å². The number of halogens is 1. The molecule has 0 aliphatic rings. The van der Waals surface area contributed by atoms with Crippen LogP contribution in [0, 0.1) is 12.7 Å². The van der Waals surface area contributed by atoms with Crippen LogP contribution < -0.4 is 0 Å². The Morgan fingerprint density at radius 1 is 0.900 bits per heavy atom. The SMILES string of the molecule is Cc1cccc(-c2[nH]c(/C=C/c3cccc(F)c3)nc2-c2ccc3nsnc3c2)n1. The fourth-order valence-electron chi connectivity index (χ4n) is 3.26. The number of aryl methyl sites for hydroxylation is 1. The summed E-state index contributed by atoms with van der Waals surface area (Å²) in [5.74, 6) is 0.385. The molecule has 3 aromatic heterocycles. The minimum Gasteiger partial charge on any atom is -0.337 e. The predicted octanol–water partition coefficient (Wildman–Crippen LogP) is 5.76. The Hall–Kier alpha value is -3.71. The van der Waals surface area contributed by atoms with Crippen LogP contribution in [0.15, 0.2) is 60.7 Å². The van der Waals surface area contributed by atoms with E-state index in [-0.39, 0.29) is 5.82 Å². The van der Waals surface area contributed by atoms with E-state index < -0.39 is 0 Å². The van der Waals surface area contributed by atoms with Crippen LogP contribution in [0.25, 0.3) is 45.8 Å². The van der Waals surface area contributed by atoms with Crippen molar-refractivity contribution in [2.24, 2.45) is 0 Å². The third kappa shape index (κ3) is 3.62. The van der Waals surface area contributed by atoms with E-state index in [0.717, 1.165) is 44.9 Å². The van der Waals surface area contributed by atoms with Crippen LogP contribution in [0.3, 0.4) is 0 Å². The van der Waals surface area contributed by atoms with Crippen LogP contribution >= 0.6 is 11.7 Å². The van der Waals surface area contributed by atoms with Gasteiger partial charge in [0.05, 0.1) is 28.8 Å². The number of aromatic amines is 1. The molecule has 1 N–H and O–H groups in total. The highest BCUT2D eigenvalue weighted by Crippen LogP contribution is 2.31. The van der Waals surface area contributed by atoms with Gasteiger partial charge in [-0.1, -0.05) is 30.3 Å². The van der Waals surface area contributed by atoms with E-state index in [1.165, 1.54) is 23.9 Å². The molecule has 0 unspecified atom stereocenters. The molecular weight excluding hydrogens is 397 g/mol. The van der Waals surface area contributed by atoms with E-state index in [4.69, 9.17) is 4.98 Å². The number of nitrogens with one attached hydrogen (secondary N) is 1. The summed E-state index contributed by atoms with van der Waals surface area (Å²) in [6.45, 7) is 1.96. The van der Waals surface area contributed by atoms with Gasteiger partial charge in [0.2, 0.25) is 0 Å². The second-order valence-corrected chi connectivity index (χ2v) is 7.39. The molecule has 0 radical (unpaired) electrons. The Balaban J connectivity index is 1.62. The van der Waals surface area contributed by atoms with E-state index in [2.05, 4.69) is 18.7 Å². The molecule has 5 nitrogen and oxygen atoms in total. The van der Waals surface area contributed by atoms with Crippen LogP contribution in [-0.2, 0) is 0 Å². The summed E-state index contributed by atoms with van der Waals surface area (Å²) >= 11 is 1.19. The van der Waals surface area contributed by atoms with Crippen molar-refractivity contribution in [1.82, 2.24) is 23.7 Å². The van der Waals surface area contributed by atoms with E-state index in [0.29, 0.717) is 5.82 Å². The number of rotatable bonds is 4. The number of fused-ring (bicyclic) bond motifs is 1. The lowest BCUT2D eigenvalue weighted by atomic mass is 10.1. The van der Waals surface area contributed by atoms with Gasteiger partial charge >= 0.3 is 0 Å². The van der Waals surface area contributed by atoms with Gasteiger partial charge in [0.1, 0.15) is 22.7 Å². The smallest absolute Gasteiger partial charge is 0.131 e. The molecule has 5 rings (SSSR count). The fourth-order valence-corrected chi connectivity index (χ4v) is 3.78. The molecule has 5 aromatic rings. The standard InChI is InChI=1S/C23H16FN5S/c1-14-4-2-7-19(25-14)23-22(16-9-10-18-20(13-16)29-30-28-18)26-21(27-23)11-8-15-5-3-6-17(24)12-15/h2-13H,1H3,(H,26,27)/b11-8+. The van der Waals surface area contributed by atoms with Crippen molar-refractivity contribution in [1.29, 1.82) is 0 Å². The number of hydrogen-bond donors (Lipinski definition) is 1. The van der Waals surface area contributed by atoms with Gasteiger partial charge in [-0.3, -0.25) is 4.98 Å². The zero-order valence-corrected chi connectivity index (χ0v) is 16.8. The van der Waals surface area contributed by atoms with Gasteiger partial charge in [0, 0.05) is 11.3 Å². The second-order valence-electron chi connectivity index (χ2n) is 6.87. The molecule has 0 aliphatic heterocycles. The maximum absolute atomic E-state index is 13.5. The monoisotopic (exact) mass is 413 g/mol. The normalized spacial score (nSPS) is 11.5. The van der Waals surface area contributed by atoms with Gasteiger partial charge in [-0.05, 0) is 55.0 Å². The van der Waals surface area contributed by atoms with Crippen molar-refractivity contribution in [3.63, 3.8) is 0 Å². The number of aromatic nitrogens is 5. The van der Waals surface area contributed by atoms with Crippen molar-refractivity contribution in [2.75, 3.05) is 0 Å². The van der Waals surface area contributed by atoms with Crippen molar-refractivity contribution in [2.45, 2.75) is 6.92 Å². The van der Waals surface area contributed by atoms with Crippen molar-refractivity contribution < 1.29 is 4.39 Å². The molecule has 0 amide bonds. The first kappa shape index (κ1) is 18.3. The third-order valence-electron chi connectivity index (χ3n) is 4.68. The highest BCUT2D eigenvalue weighted by Gasteiger charge is 2.15. The lowest BCUT2D eigenvalue weighted by Crippen LogP contribution is -1.89. The Morgan fingerprint density at radius 2 is 1.77 bits per heavy atom. The van der Waals surface area contributed by atoms with Crippen molar-refractivity contribution >= 4 is 34.9 Å². The summed E-state index contributed by atoms with van der Waals surface area (Å²) in [6.07, 6.45) is 3.66. The Bertz CT molecular complexity index is 1390. The van der Waals surface area contributed by atoms with Gasteiger partial charge in [-0.15, -0.1) is 0 Å². The summed E-state index contributed by atoms with van der Waals surface area (Å²) in [4.78, 5) is 12.8. The van der Waals surface area contributed by atoms with Crippen LogP contribution in [0.4, 0.5) is 4.39 Å². The number of benzene rings is 2. The van der Waals surface area contributed by atoms with Crippen LogP contribution in [0.5, 0.6) is 0 Å². The number of H-pyrrole nitrogens is 1. The van der Waals surface area contributed by atoms with Crippen LogP contribution in [-0.4, -0.2) is 23.7 Å². The molecule has 146 valence electrons. The number of hydrogen-bond acceptors (Lipinski definition) is 5. The predicted molar refractivity (Wildman–Crippen MR) is 118 cm³/mol. The third-order valence-corrected chi connectivity index (χ3v) is 5.23. The summed E-state index contributed by atoms with van der Waals surface area (Å²) in [5.41, 5.74) is 6.71. The van der Waals surface area contributed by atoms with Gasteiger partial charge in [-0.25, -0.2) is 9.37 Å². The lowest BCUT2D eigenvalue weighted by Gasteiger charge is -2.03. The quantitative estimate of drug-likeness (QED) is 0.407. The Kier molecular flexibility index (Phi) is 4.65. The maximum Gasteiger partial charge on any atom is 0.131 e. The number of imidazole rings is 1. The van der Waals surface area contributed by atoms with Gasteiger partial charge in [0.25, 0.3) is 0 Å². The average molecular weight is 413 g/mol. The molecule has 0 saturated carbocycles. The lowest BCUT2D eigenvalue weighted by molar-refractivity contribution is 0.627. The highest BCUT2D eigenvalue weighted by atomic mass is 32.1. The Morgan fingerprint density at radius 3 is 2.63 bits per heavy atom. The highest BCUT2D eigenvalue weighted by molar-refractivity contribution is 7.00. The molecule has 2 aromatic carbocycles. The number of pyridine rings is 1. The van der Waals surface area contributed by atoms with Crippen molar-refractivity contribution in [3.8, 4) is 22.6 Å². The molecule has 0 spiro atoms. The molecular formula is C23H16FN5S. The molecule has 0 saturated heterocycles. The zero-order chi connectivity index (χ0) is 20.5. The molecule has 0 atom stereocenters. The summed E-state index contributed by atoms with van der Waals surface area (Å²) in [7, 11) is 0. The topological polar surface area (TPSA) is 67.3 Å². The summed E-state index contributed by atoms with van der Waals surface area (Å²) in [6, 6.07) is 18.2. The van der Waals surface area contributed by atoms with Crippen molar-refractivity contribution in [3.05, 3.63) is 83.6 Å². The largest absolute Gasteiger partial charge is 0.337 e. The fraction of sp³-hybridized carbons (Fsp3) is 0.0435. The van der Waals surface area contributed by atoms with E-state index in [1.54, 1.807) is 6.07 Å². The van der Waals surface area contributed by atoms with E-state index in [1.807, 2.05) is 61.5 Å². The average Bonchev–Trinajstić information content (AvgIpc) is 3.39. The maximum atomic E-state index is 13.5. The molecule has 0 aliphatic carbocycles. The summed E-state index contributed by atoms with van der Waals surface area (Å²) in [5, 5.41) is 0. The van der Waals surface area contributed by atoms with Gasteiger partial charge in [0.15, 0.2) is 0 Å². The molecule has 30 heavy (non-hydrogen) atoms. The molecule has 0 fully saturated rings. The molecule has 7 heteroatoms. The van der Waals surface area contributed by atoms with E-state index in [9.17, 15) is 4.39 Å². The first-order valence-corrected chi connectivity index (χ1v) is 10.1. The van der Waals surface area contributed by atoms with Crippen LogP contribution in [0.1, 0.15) is 17.1 Å². The second kappa shape index (κ2) is 7.61. The first-order chi connectivity index (χ1) is 14.7. The minimum absolute atomic E-state index is 0.271. The first-order valence-electron chi connectivity index (χ1n) is 9.36. The van der Waals surface area contributed by atoms with E-state index >= 15 is 0 Å². The van der Waals surface area contributed by atoms with Gasteiger partial charge < -0.3 is 4.98 Å². The molecule has 3 heterocycles. The minimum atomic E-state index is -0.271. The number of nitrogens with zero attached hydrogens (tertiary/aromatic N) is 4. The Labute approximate surface area is 176 Å². The summed E-state index contributed by atoms with van der Waals surface area (Å²) < 4.78 is 22.1. The zero-order valence-electron chi connectivity index (χ0n) is 16.0. The molecule has 0 bridgehead atoms. The van der Waals surface area contributed by atoms with Crippen LogP contribution in [0.2, 0.25) is 0 Å².